The Morgan fingerprint density at radius 3 is 2.43 bits per heavy atom. The molecule has 0 bridgehead atoms. The molecular weight excluding hydrogens is 518 g/mol. The van der Waals surface area contributed by atoms with Gasteiger partial charge in [-0.25, -0.2) is 4.98 Å². The quantitative estimate of drug-likeness (QED) is 0.177. The van der Waals surface area contributed by atoms with E-state index in [2.05, 4.69) is 62.1 Å². The second-order valence-corrected chi connectivity index (χ2v) is 11.1. The van der Waals surface area contributed by atoms with Gasteiger partial charge in [0.25, 0.3) is 5.91 Å². The third-order valence-corrected chi connectivity index (χ3v) is 7.53. The number of nitrogens with zero attached hydrogens (tertiary/aromatic N) is 2. The summed E-state index contributed by atoms with van der Waals surface area (Å²) in [5.41, 5.74) is 7.66. The van der Waals surface area contributed by atoms with Crippen molar-refractivity contribution in [2.45, 2.75) is 73.3 Å². The molecule has 2 aliphatic rings. The van der Waals surface area contributed by atoms with E-state index in [1.807, 2.05) is 68.2 Å². The fourth-order valence-corrected chi connectivity index (χ4v) is 5.07. The van der Waals surface area contributed by atoms with Crippen LogP contribution in [0.25, 0.3) is 12.2 Å². The van der Waals surface area contributed by atoms with Crippen LogP contribution in [0, 0.1) is 5.92 Å². The first kappa shape index (κ1) is 32.4. The van der Waals surface area contributed by atoms with E-state index < -0.39 is 0 Å². The number of ether oxygens (including phenoxy) is 1. The van der Waals surface area contributed by atoms with Gasteiger partial charge in [0, 0.05) is 12.5 Å². The Hall–Kier alpha value is -4.12. The van der Waals surface area contributed by atoms with Crippen molar-refractivity contribution < 1.29 is 9.53 Å². The van der Waals surface area contributed by atoms with Crippen LogP contribution in [-0.2, 0) is 16.1 Å². The number of rotatable bonds is 10. The molecule has 2 heterocycles. The molecule has 1 saturated carbocycles. The molecule has 42 heavy (non-hydrogen) atoms. The maximum Gasteiger partial charge on any atom is 0.289 e. The number of allylic oxidation sites excluding steroid dienone is 8. The number of carbonyl (C=O) groups excluding carboxylic acids is 1. The molecule has 0 radical (unpaired) electrons. The summed E-state index contributed by atoms with van der Waals surface area (Å²) in [6.07, 6.45) is 18.4. The summed E-state index contributed by atoms with van der Waals surface area (Å²) in [6.45, 7) is 21.0. The molecule has 0 spiro atoms. The summed E-state index contributed by atoms with van der Waals surface area (Å²) in [5, 5.41) is 0. The molecule has 1 aliphatic carbocycles. The number of hydrogen-bond donors (Lipinski definition) is 1. The Morgan fingerprint density at radius 2 is 1.83 bits per heavy atom. The fourth-order valence-electron chi connectivity index (χ4n) is 5.07. The molecule has 5 heteroatoms. The first-order chi connectivity index (χ1) is 20.2. The van der Waals surface area contributed by atoms with E-state index in [1.165, 1.54) is 11.1 Å². The fraction of sp³-hybridized carbons (Fsp3) is 0.351. The van der Waals surface area contributed by atoms with Crippen molar-refractivity contribution >= 4 is 18.1 Å². The highest BCUT2D eigenvalue weighted by molar-refractivity contribution is 5.93. The van der Waals surface area contributed by atoms with Crippen LogP contribution in [0.2, 0.25) is 0 Å². The van der Waals surface area contributed by atoms with Gasteiger partial charge in [0.2, 0.25) is 0 Å². The predicted molar refractivity (Wildman–Crippen MR) is 176 cm³/mol. The molecule has 1 N–H and O–H groups in total. The summed E-state index contributed by atoms with van der Waals surface area (Å²) in [6, 6.07) is 8.19. The first-order valence-electron chi connectivity index (χ1n) is 15.0. The number of hydrogen-bond acceptors (Lipinski definition) is 3. The molecule has 1 unspecified atom stereocenters. The Kier molecular flexibility index (Phi) is 12.2. The number of H-pyrrole nitrogens is 1. The van der Waals surface area contributed by atoms with E-state index in [-0.39, 0.29) is 11.8 Å². The van der Waals surface area contributed by atoms with E-state index in [9.17, 15) is 4.79 Å². The Morgan fingerprint density at radius 1 is 1.12 bits per heavy atom. The molecule has 222 valence electrons. The van der Waals surface area contributed by atoms with E-state index in [4.69, 9.17) is 4.74 Å². The highest BCUT2D eigenvalue weighted by Gasteiger charge is 2.35. The molecule has 1 aliphatic heterocycles. The lowest BCUT2D eigenvalue weighted by atomic mass is 10.00. The summed E-state index contributed by atoms with van der Waals surface area (Å²) >= 11 is 0. The first-order valence-corrected chi connectivity index (χ1v) is 15.0. The molecular formula is C37H47N3O2. The molecule has 0 saturated heterocycles. The number of imidazole rings is 1. The van der Waals surface area contributed by atoms with Gasteiger partial charge in [-0.3, -0.25) is 4.79 Å². The van der Waals surface area contributed by atoms with Gasteiger partial charge in [-0.05, 0) is 80.7 Å². The van der Waals surface area contributed by atoms with Crippen LogP contribution in [0.1, 0.15) is 89.2 Å². The maximum atomic E-state index is 13.7. The molecule has 2 aromatic rings. The Bertz CT molecular complexity index is 1410. The third-order valence-electron chi connectivity index (χ3n) is 7.53. The standard InChI is InChI=1S/C26H35N3O2.C11H12/c1-7-9-10-11-20(8-2)24(17(3)4)31-25(19(6)21-12-13-21)26(30)29-14-18(5)23-22(15-29)27-16-28-23;1-3-7-11-9-6-5-8-10(11)4-2/h7,9-11,16,18,21H,1,8,12-15H2,2-6H3,(H,27,28);3-9H,2H2,1H3/b10-9-,20-11+,25-19+;7-3-. The second-order valence-electron chi connectivity index (χ2n) is 11.1. The van der Waals surface area contributed by atoms with Gasteiger partial charge in [0.1, 0.15) is 5.76 Å². The SMILES string of the molecule is C=C/C=C\C=C(/CC)C(O/C(C(=O)N1Cc2[nH]cnc2C(C)C1)=C(\C)C1CC1)=C(C)C.C=Cc1ccccc1/C=C\C. The lowest BCUT2D eigenvalue weighted by Gasteiger charge is -2.31. The zero-order chi connectivity index (χ0) is 30.6. The average Bonchev–Trinajstić information content (AvgIpc) is 3.73. The van der Waals surface area contributed by atoms with Crippen LogP contribution in [0.15, 0.2) is 102 Å². The van der Waals surface area contributed by atoms with Crippen LogP contribution in [0.3, 0.4) is 0 Å². The number of nitrogens with one attached hydrogen (secondary N) is 1. The highest BCUT2D eigenvalue weighted by atomic mass is 16.5. The Labute approximate surface area is 252 Å². The summed E-state index contributed by atoms with van der Waals surface area (Å²) in [4.78, 5) is 23.2. The zero-order valence-corrected chi connectivity index (χ0v) is 26.2. The number of benzene rings is 1. The van der Waals surface area contributed by atoms with Gasteiger partial charge in [0.15, 0.2) is 5.76 Å². The minimum Gasteiger partial charge on any atom is -0.451 e. The van der Waals surface area contributed by atoms with Crippen molar-refractivity contribution in [3.63, 3.8) is 0 Å². The lowest BCUT2D eigenvalue weighted by molar-refractivity contribution is -0.131. The van der Waals surface area contributed by atoms with Crippen molar-refractivity contribution in [3.8, 4) is 0 Å². The van der Waals surface area contributed by atoms with Gasteiger partial charge < -0.3 is 14.6 Å². The summed E-state index contributed by atoms with van der Waals surface area (Å²) < 4.78 is 6.49. The maximum absolute atomic E-state index is 13.7. The molecule has 1 atom stereocenters. The molecule has 1 aromatic carbocycles. The van der Waals surface area contributed by atoms with Crippen LogP contribution in [-0.4, -0.2) is 27.3 Å². The highest BCUT2D eigenvalue weighted by Crippen LogP contribution is 2.40. The topological polar surface area (TPSA) is 58.2 Å². The lowest BCUT2D eigenvalue weighted by Crippen LogP contribution is -2.39. The smallest absolute Gasteiger partial charge is 0.289 e. The van der Waals surface area contributed by atoms with Gasteiger partial charge in [-0.15, -0.1) is 0 Å². The number of aromatic nitrogens is 2. The zero-order valence-electron chi connectivity index (χ0n) is 26.2. The summed E-state index contributed by atoms with van der Waals surface area (Å²) in [5.74, 6) is 1.87. The van der Waals surface area contributed by atoms with Crippen LogP contribution >= 0.6 is 0 Å². The van der Waals surface area contributed by atoms with Crippen LogP contribution in [0.4, 0.5) is 0 Å². The average molecular weight is 566 g/mol. The van der Waals surface area contributed by atoms with Gasteiger partial charge in [0.05, 0.1) is 24.3 Å². The third kappa shape index (κ3) is 8.45. The largest absolute Gasteiger partial charge is 0.451 e. The number of amides is 1. The second kappa shape index (κ2) is 15.8. The van der Waals surface area contributed by atoms with Gasteiger partial charge in [-0.2, -0.15) is 0 Å². The molecule has 1 amide bonds. The van der Waals surface area contributed by atoms with Crippen molar-refractivity contribution in [3.05, 3.63) is 125 Å². The number of fused-ring (bicyclic) bond motifs is 1. The van der Waals surface area contributed by atoms with Crippen molar-refractivity contribution in [2.24, 2.45) is 5.92 Å². The molecule has 1 aromatic heterocycles. The predicted octanol–water partition coefficient (Wildman–Crippen LogP) is 9.29. The van der Waals surface area contributed by atoms with Gasteiger partial charge in [-0.1, -0.05) is 93.8 Å². The number of aromatic amines is 1. The molecule has 1 fully saturated rings. The summed E-state index contributed by atoms with van der Waals surface area (Å²) in [7, 11) is 0. The van der Waals surface area contributed by atoms with Crippen molar-refractivity contribution in [1.82, 2.24) is 14.9 Å². The molecule has 4 rings (SSSR count). The van der Waals surface area contributed by atoms with E-state index >= 15 is 0 Å². The van der Waals surface area contributed by atoms with Gasteiger partial charge >= 0.3 is 0 Å². The monoisotopic (exact) mass is 565 g/mol. The minimum absolute atomic E-state index is 0.0349. The van der Waals surface area contributed by atoms with E-state index in [0.29, 0.717) is 24.8 Å². The van der Waals surface area contributed by atoms with Crippen molar-refractivity contribution in [1.29, 1.82) is 0 Å². The van der Waals surface area contributed by atoms with Crippen molar-refractivity contribution in [2.75, 3.05) is 6.54 Å². The Balaban J connectivity index is 0.000000369. The normalized spacial score (nSPS) is 17.2. The van der Waals surface area contributed by atoms with E-state index in [1.54, 1.807) is 12.4 Å². The van der Waals surface area contributed by atoms with Crippen LogP contribution < -0.4 is 0 Å². The molecule has 5 nitrogen and oxygen atoms in total. The number of carbonyl (C=O) groups is 1. The minimum atomic E-state index is -0.0349. The van der Waals surface area contributed by atoms with E-state index in [0.717, 1.165) is 53.1 Å². The van der Waals surface area contributed by atoms with Crippen LogP contribution in [0.5, 0.6) is 0 Å².